The molecular formula is C9H17N. The summed E-state index contributed by atoms with van der Waals surface area (Å²) in [4.78, 5) is 2.69. The predicted octanol–water partition coefficient (Wildman–Crippen LogP) is 1.88. The standard InChI is InChI=1S/C9H17N/c1-8-6-9-4-2-3-5-10(9)7-8/h8-9H,2-7H2,1H3/t8-,9+/m0/s1. The zero-order chi connectivity index (χ0) is 6.97. The average molecular weight is 139 g/mol. The van der Waals surface area contributed by atoms with E-state index in [-0.39, 0.29) is 0 Å². The van der Waals surface area contributed by atoms with Gasteiger partial charge in [-0.15, -0.1) is 0 Å². The van der Waals surface area contributed by atoms with Gasteiger partial charge >= 0.3 is 0 Å². The Morgan fingerprint density at radius 2 is 2.20 bits per heavy atom. The van der Waals surface area contributed by atoms with Crippen molar-refractivity contribution in [1.29, 1.82) is 0 Å². The highest BCUT2D eigenvalue weighted by Gasteiger charge is 2.30. The highest BCUT2D eigenvalue weighted by molar-refractivity contribution is 4.85. The molecule has 2 rings (SSSR count). The van der Waals surface area contributed by atoms with E-state index in [0.29, 0.717) is 0 Å². The van der Waals surface area contributed by atoms with E-state index in [2.05, 4.69) is 11.8 Å². The van der Waals surface area contributed by atoms with Gasteiger partial charge in [-0.3, -0.25) is 0 Å². The number of rotatable bonds is 0. The lowest BCUT2D eigenvalue weighted by Gasteiger charge is -2.28. The first-order valence-corrected chi connectivity index (χ1v) is 4.60. The lowest BCUT2D eigenvalue weighted by Crippen LogP contribution is -2.33. The van der Waals surface area contributed by atoms with E-state index < -0.39 is 0 Å². The van der Waals surface area contributed by atoms with E-state index in [9.17, 15) is 0 Å². The summed E-state index contributed by atoms with van der Waals surface area (Å²) < 4.78 is 0. The molecule has 1 nitrogen and oxygen atoms in total. The Hall–Kier alpha value is -0.0400. The van der Waals surface area contributed by atoms with Crippen molar-refractivity contribution in [1.82, 2.24) is 4.90 Å². The van der Waals surface area contributed by atoms with Crippen LogP contribution in [0.25, 0.3) is 0 Å². The molecule has 0 unspecified atom stereocenters. The molecule has 10 heavy (non-hydrogen) atoms. The summed E-state index contributed by atoms with van der Waals surface area (Å²) in [5.41, 5.74) is 0. The zero-order valence-corrected chi connectivity index (χ0v) is 6.84. The minimum Gasteiger partial charge on any atom is -0.300 e. The topological polar surface area (TPSA) is 3.24 Å². The van der Waals surface area contributed by atoms with Gasteiger partial charge in [-0.25, -0.2) is 0 Å². The van der Waals surface area contributed by atoms with E-state index >= 15 is 0 Å². The van der Waals surface area contributed by atoms with Crippen LogP contribution in [0, 0.1) is 5.92 Å². The smallest absolute Gasteiger partial charge is 0.00983 e. The van der Waals surface area contributed by atoms with Crippen LogP contribution in [0.4, 0.5) is 0 Å². The summed E-state index contributed by atoms with van der Waals surface area (Å²) >= 11 is 0. The third kappa shape index (κ3) is 1.07. The van der Waals surface area contributed by atoms with Crippen LogP contribution in [0.15, 0.2) is 0 Å². The van der Waals surface area contributed by atoms with Gasteiger partial charge in [0.2, 0.25) is 0 Å². The molecule has 0 aromatic heterocycles. The van der Waals surface area contributed by atoms with E-state index in [0.717, 1.165) is 12.0 Å². The van der Waals surface area contributed by atoms with Crippen molar-refractivity contribution in [3.05, 3.63) is 0 Å². The van der Waals surface area contributed by atoms with Crippen molar-refractivity contribution in [2.24, 2.45) is 5.92 Å². The van der Waals surface area contributed by atoms with Crippen molar-refractivity contribution in [2.45, 2.75) is 38.6 Å². The Bertz CT molecular complexity index is 108. The van der Waals surface area contributed by atoms with Gasteiger partial charge in [-0.2, -0.15) is 0 Å². The summed E-state index contributed by atoms with van der Waals surface area (Å²) in [7, 11) is 0. The number of nitrogens with zero attached hydrogens (tertiary/aromatic N) is 1. The Morgan fingerprint density at radius 3 is 3.00 bits per heavy atom. The summed E-state index contributed by atoms with van der Waals surface area (Å²) in [6.45, 7) is 5.15. The van der Waals surface area contributed by atoms with Gasteiger partial charge in [0.1, 0.15) is 0 Å². The third-order valence-electron chi connectivity index (χ3n) is 2.97. The Kier molecular flexibility index (Phi) is 1.69. The molecule has 0 aromatic carbocycles. The maximum absolute atomic E-state index is 2.69. The van der Waals surface area contributed by atoms with Crippen LogP contribution in [0.2, 0.25) is 0 Å². The Labute approximate surface area is 63.4 Å². The van der Waals surface area contributed by atoms with Gasteiger partial charge < -0.3 is 4.90 Å². The van der Waals surface area contributed by atoms with Crippen molar-refractivity contribution < 1.29 is 0 Å². The molecule has 0 aliphatic carbocycles. The van der Waals surface area contributed by atoms with Gasteiger partial charge in [-0.05, 0) is 31.7 Å². The molecule has 2 aliphatic rings. The van der Waals surface area contributed by atoms with Crippen LogP contribution < -0.4 is 0 Å². The molecule has 2 saturated heterocycles. The number of piperidine rings is 1. The van der Waals surface area contributed by atoms with Crippen LogP contribution in [0.5, 0.6) is 0 Å². The minimum atomic E-state index is 0.975. The molecule has 58 valence electrons. The molecule has 0 radical (unpaired) electrons. The minimum absolute atomic E-state index is 0.975. The highest BCUT2D eigenvalue weighted by Crippen LogP contribution is 2.29. The van der Waals surface area contributed by atoms with Crippen molar-refractivity contribution in [3.63, 3.8) is 0 Å². The molecule has 2 fully saturated rings. The molecule has 0 bridgehead atoms. The van der Waals surface area contributed by atoms with E-state index in [1.54, 1.807) is 0 Å². The van der Waals surface area contributed by atoms with Gasteiger partial charge in [-0.1, -0.05) is 13.3 Å². The highest BCUT2D eigenvalue weighted by atomic mass is 15.2. The van der Waals surface area contributed by atoms with Gasteiger partial charge in [0.05, 0.1) is 0 Å². The molecule has 1 heteroatoms. The fourth-order valence-electron chi connectivity index (χ4n) is 2.51. The van der Waals surface area contributed by atoms with Crippen molar-refractivity contribution >= 4 is 0 Å². The van der Waals surface area contributed by atoms with Gasteiger partial charge in [0.25, 0.3) is 0 Å². The van der Waals surface area contributed by atoms with E-state index in [4.69, 9.17) is 0 Å². The van der Waals surface area contributed by atoms with E-state index in [1.807, 2.05) is 0 Å². The first kappa shape index (κ1) is 6.66. The lowest BCUT2D eigenvalue weighted by molar-refractivity contribution is 0.197. The molecule has 2 atom stereocenters. The summed E-state index contributed by atoms with van der Waals surface area (Å²) in [5.74, 6) is 0.975. The largest absolute Gasteiger partial charge is 0.300 e. The van der Waals surface area contributed by atoms with Crippen LogP contribution in [-0.2, 0) is 0 Å². The zero-order valence-electron chi connectivity index (χ0n) is 6.84. The van der Waals surface area contributed by atoms with Crippen molar-refractivity contribution in [2.75, 3.05) is 13.1 Å². The first-order valence-electron chi connectivity index (χ1n) is 4.60. The molecular weight excluding hydrogens is 122 g/mol. The van der Waals surface area contributed by atoms with Crippen LogP contribution in [-0.4, -0.2) is 24.0 Å². The number of hydrogen-bond donors (Lipinski definition) is 0. The average Bonchev–Trinajstić information content (AvgIpc) is 2.27. The number of hydrogen-bond acceptors (Lipinski definition) is 1. The molecule has 2 aliphatic heterocycles. The SMILES string of the molecule is C[C@H]1C[C@H]2CCCCN2C1. The lowest BCUT2D eigenvalue weighted by atomic mass is 10.0. The normalized spacial score (nSPS) is 41.7. The molecule has 0 aromatic rings. The second kappa shape index (κ2) is 2.54. The number of fused-ring (bicyclic) bond motifs is 1. The Balaban J connectivity index is 1.97. The molecule has 0 amide bonds. The van der Waals surface area contributed by atoms with Crippen molar-refractivity contribution in [3.8, 4) is 0 Å². The summed E-state index contributed by atoms with van der Waals surface area (Å²) in [5, 5.41) is 0. The molecule has 2 heterocycles. The summed E-state index contributed by atoms with van der Waals surface area (Å²) in [6, 6.07) is 0.976. The van der Waals surface area contributed by atoms with Gasteiger partial charge in [0.15, 0.2) is 0 Å². The monoisotopic (exact) mass is 139 g/mol. The van der Waals surface area contributed by atoms with Crippen LogP contribution in [0.1, 0.15) is 32.6 Å². The maximum atomic E-state index is 2.69. The predicted molar refractivity (Wildman–Crippen MR) is 43.0 cm³/mol. The second-order valence-electron chi connectivity index (χ2n) is 3.99. The third-order valence-corrected chi connectivity index (χ3v) is 2.97. The Morgan fingerprint density at radius 1 is 1.30 bits per heavy atom. The second-order valence-corrected chi connectivity index (χ2v) is 3.99. The van der Waals surface area contributed by atoms with Crippen LogP contribution >= 0.6 is 0 Å². The molecule has 0 spiro atoms. The van der Waals surface area contributed by atoms with E-state index in [1.165, 1.54) is 38.8 Å². The fourth-order valence-corrected chi connectivity index (χ4v) is 2.51. The van der Waals surface area contributed by atoms with Gasteiger partial charge in [0, 0.05) is 12.6 Å². The molecule has 0 saturated carbocycles. The summed E-state index contributed by atoms with van der Waals surface area (Å²) in [6.07, 6.45) is 5.88. The fraction of sp³-hybridized carbons (Fsp3) is 1.00. The van der Waals surface area contributed by atoms with Crippen LogP contribution in [0.3, 0.4) is 0 Å². The quantitative estimate of drug-likeness (QED) is 0.495. The maximum Gasteiger partial charge on any atom is 0.00983 e. The molecule has 0 N–H and O–H groups in total. The first-order chi connectivity index (χ1) is 4.86.